The minimum Gasteiger partial charge on any atom is -0.390 e. The van der Waals surface area contributed by atoms with Crippen LogP contribution < -0.4 is 37.2 Å². The SMILES string of the molecule is CC(C)[C@@H](CNC(=O)[C@@](Cc1ccccc1)(NC(=O)c1ccc(C(=O)c2ccccc2)cc1)[C@H](O)CCCc1ccccc1)C(=O)NC(Cc1ccccc1)C(=O)NCCCCCNC(=O)CCCC[C@@H]1SC[C@@H]2NC(=O)N[C@@H]21. The average Bonchev–Trinajstić information content (AvgIpc) is 4.06. The van der Waals surface area contributed by atoms with Crippen LogP contribution in [0, 0.1) is 11.8 Å². The molecule has 0 radical (unpaired) electrons. The Hall–Kier alpha value is -7.30. The van der Waals surface area contributed by atoms with E-state index in [1.54, 1.807) is 36.4 Å². The van der Waals surface area contributed by atoms with Crippen molar-refractivity contribution in [2.45, 2.75) is 126 Å². The van der Waals surface area contributed by atoms with Gasteiger partial charge < -0.3 is 42.3 Å². The molecular formula is C63H77N7O8S. The van der Waals surface area contributed by atoms with Crippen LogP contribution in [0.15, 0.2) is 146 Å². The molecule has 2 aliphatic heterocycles. The van der Waals surface area contributed by atoms with Crippen LogP contribution in [-0.4, -0.2) is 107 Å². The lowest BCUT2D eigenvalue weighted by atomic mass is 9.81. The molecule has 7 rings (SSSR count). The molecule has 0 aliphatic carbocycles. The van der Waals surface area contributed by atoms with Gasteiger partial charge in [0.1, 0.15) is 11.6 Å². The van der Waals surface area contributed by atoms with Crippen molar-refractivity contribution in [1.82, 2.24) is 37.2 Å². The summed E-state index contributed by atoms with van der Waals surface area (Å²) in [5.74, 6) is -2.54. The Balaban J connectivity index is 0.974. The van der Waals surface area contributed by atoms with E-state index in [0.717, 1.165) is 49.0 Å². The second kappa shape index (κ2) is 30.2. The molecule has 7 atom stereocenters. The van der Waals surface area contributed by atoms with E-state index in [1.807, 2.05) is 123 Å². The number of aliphatic hydroxyl groups is 1. The molecule has 2 fully saturated rings. The number of benzene rings is 5. The van der Waals surface area contributed by atoms with Crippen LogP contribution in [0.5, 0.6) is 0 Å². The van der Waals surface area contributed by atoms with Gasteiger partial charge >= 0.3 is 6.03 Å². The second-order valence-electron chi connectivity index (χ2n) is 21.1. The number of fused-ring (bicyclic) bond motifs is 1. The summed E-state index contributed by atoms with van der Waals surface area (Å²) in [7, 11) is 0. The lowest BCUT2D eigenvalue weighted by molar-refractivity contribution is -0.134. The highest BCUT2D eigenvalue weighted by Crippen LogP contribution is 2.33. The van der Waals surface area contributed by atoms with E-state index in [9.17, 15) is 33.9 Å². The van der Waals surface area contributed by atoms with Crippen molar-refractivity contribution in [2.75, 3.05) is 25.4 Å². The maximum Gasteiger partial charge on any atom is 0.315 e. The molecule has 0 bridgehead atoms. The summed E-state index contributed by atoms with van der Waals surface area (Å²) >= 11 is 1.88. The number of hydrogen-bond donors (Lipinski definition) is 8. The molecule has 7 amide bonds. The first-order valence-corrected chi connectivity index (χ1v) is 29.0. The molecule has 79 heavy (non-hydrogen) atoms. The van der Waals surface area contributed by atoms with Crippen molar-refractivity contribution in [3.8, 4) is 0 Å². The third kappa shape index (κ3) is 17.6. The third-order valence-electron chi connectivity index (χ3n) is 15.0. The van der Waals surface area contributed by atoms with Crippen molar-refractivity contribution in [3.05, 3.63) is 179 Å². The Morgan fingerprint density at radius 1 is 0.646 bits per heavy atom. The first-order valence-electron chi connectivity index (χ1n) is 27.9. The van der Waals surface area contributed by atoms with Crippen molar-refractivity contribution < 1.29 is 38.7 Å². The molecule has 0 saturated carbocycles. The van der Waals surface area contributed by atoms with Crippen molar-refractivity contribution in [1.29, 1.82) is 0 Å². The van der Waals surface area contributed by atoms with Gasteiger partial charge in [0.25, 0.3) is 5.91 Å². The van der Waals surface area contributed by atoms with Gasteiger partial charge in [0.2, 0.25) is 23.6 Å². The monoisotopic (exact) mass is 1090 g/mol. The first-order chi connectivity index (χ1) is 38.3. The molecule has 16 heteroatoms. The number of thioether (sulfide) groups is 1. The molecule has 0 aromatic heterocycles. The molecule has 0 spiro atoms. The highest BCUT2D eigenvalue weighted by atomic mass is 32.2. The summed E-state index contributed by atoms with van der Waals surface area (Å²) in [5, 5.41) is 33.7. The number of carbonyl (C=O) groups is 7. The predicted octanol–water partition coefficient (Wildman–Crippen LogP) is 7.26. The quantitative estimate of drug-likeness (QED) is 0.0127. The van der Waals surface area contributed by atoms with Gasteiger partial charge in [0, 0.05) is 66.6 Å². The zero-order chi connectivity index (χ0) is 56.0. The number of aliphatic hydroxyl groups excluding tert-OH is 1. The Bertz CT molecular complexity index is 2770. The van der Waals surface area contributed by atoms with Gasteiger partial charge in [-0.2, -0.15) is 11.8 Å². The van der Waals surface area contributed by atoms with Crippen LogP contribution in [0.1, 0.15) is 115 Å². The highest BCUT2D eigenvalue weighted by Gasteiger charge is 2.47. The fraction of sp³-hybridized carbons (Fsp3) is 0.413. The van der Waals surface area contributed by atoms with Gasteiger partial charge in [-0.1, -0.05) is 154 Å². The summed E-state index contributed by atoms with van der Waals surface area (Å²) < 4.78 is 0. The van der Waals surface area contributed by atoms with Gasteiger partial charge in [-0.05, 0) is 86.1 Å². The maximum atomic E-state index is 15.1. The van der Waals surface area contributed by atoms with E-state index < -0.39 is 41.3 Å². The van der Waals surface area contributed by atoms with Crippen LogP contribution in [-0.2, 0) is 38.4 Å². The molecular weight excluding hydrogens is 1010 g/mol. The summed E-state index contributed by atoms with van der Waals surface area (Å²) in [5.41, 5.74) is 1.71. The lowest BCUT2D eigenvalue weighted by Crippen LogP contribution is -2.67. The lowest BCUT2D eigenvalue weighted by Gasteiger charge is -2.38. The summed E-state index contributed by atoms with van der Waals surface area (Å²) in [6.07, 6.45) is 5.29. The smallest absolute Gasteiger partial charge is 0.315 e. The number of urea groups is 1. The van der Waals surface area contributed by atoms with E-state index in [-0.39, 0.29) is 73.0 Å². The number of ketones is 1. The number of amides is 7. The fourth-order valence-electron chi connectivity index (χ4n) is 10.3. The molecule has 418 valence electrons. The van der Waals surface area contributed by atoms with Crippen LogP contribution >= 0.6 is 11.8 Å². The molecule has 15 nitrogen and oxygen atoms in total. The maximum absolute atomic E-state index is 15.1. The number of rotatable bonds is 31. The predicted molar refractivity (Wildman–Crippen MR) is 309 cm³/mol. The standard InChI is InChI=1S/C63H77N7O8S/c1-43(2)50(59(75)67-51(39-45-23-10-4-11-24-45)60(76)65-38-19-7-18-37-64-55(72)32-17-16-30-53-56-52(42-79-53)68-62(78)69-56)41-66-61(77)63(40-46-25-12-5-13-26-46,54(71)31-20-27-44-21-8-3-9-22-44)70-58(74)49-35-33-48(34-36-49)57(73)47-28-14-6-15-29-47/h3-6,8-15,21-26,28-29,33-36,43,50-54,56,71H,7,16-20,27,30-32,37-42H2,1-2H3,(H,64,72)(H,65,76)(H,66,77)(H,67,75)(H,70,74)(H2,68,69,78)/t50-,51?,52+,53+,54-,56+,63+/m1/s1. The number of hydrogen-bond acceptors (Lipinski definition) is 9. The Kier molecular flexibility index (Phi) is 22.7. The Morgan fingerprint density at radius 3 is 1.90 bits per heavy atom. The number of nitrogens with one attached hydrogen (secondary N) is 7. The van der Waals surface area contributed by atoms with Gasteiger partial charge in [0.05, 0.1) is 24.1 Å². The van der Waals surface area contributed by atoms with Crippen molar-refractivity contribution in [2.24, 2.45) is 11.8 Å². The summed E-state index contributed by atoms with van der Waals surface area (Å²) in [4.78, 5) is 95.5. The number of aryl methyl sites for hydroxylation is 1. The number of carbonyl (C=O) groups excluding carboxylic acids is 7. The van der Waals surface area contributed by atoms with Crippen LogP contribution in [0.3, 0.4) is 0 Å². The van der Waals surface area contributed by atoms with E-state index >= 15 is 4.79 Å². The molecule has 5 aromatic rings. The van der Waals surface area contributed by atoms with Crippen LogP contribution in [0.4, 0.5) is 4.79 Å². The van der Waals surface area contributed by atoms with E-state index in [4.69, 9.17) is 0 Å². The van der Waals surface area contributed by atoms with Crippen molar-refractivity contribution in [3.63, 3.8) is 0 Å². The van der Waals surface area contributed by atoms with E-state index in [0.29, 0.717) is 60.7 Å². The Morgan fingerprint density at radius 2 is 1.24 bits per heavy atom. The minimum absolute atomic E-state index is 0.0160. The fourth-order valence-corrected chi connectivity index (χ4v) is 11.9. The summed E-state index contributed by atoms with van der Waals surface area (Å²) in [6.45, 7) is 4.45. The molecule has 1 unspecified atom stereocenters. The Labute approximate surface area is 469 Å². The van der Waals surface area contributed by atoms with Gasteiger partial charge in [-0.3, -0.25) is 28.8 Å². The highest BCUT2D eigenvalue weighted by molar-refractivity contribution is 8.00. The molecule has 8 N–H and O–H groups in total. The van der Waals surface area contributed by atoms with Gasteiger partial charge in [-0.25, -0.2) is 4.79 Å². The molecule has 2 saturated heterocycles. The normalized spacial score (nSPS) is 17.4. The summed E-state index contributed by atoms with van der Waals surface area (Å²) in [6, 6.07) is 42.6. The first kappa shape index (κ1) is 59.4. The van der Waals surface area contributed by atoms with Crippen molar-refractivity contribution >= 4 is 53.1 Å². The molecule has 2 aliphatic rings. The molecule has 5 aromatic carbocycles. The second-order valence-corrected chi connectivity index (χ2v) is 22.4. The zero-order valence-electron chi connectivity index (χ0n) is 45.4. The van der Waals surface area contributed by atoms with Gasteiger partial charge in [-0.15, -0.1) is 0 Å². The minimum atomic E-state index is -1.93. The number of unbranched alkanes of at least 4 members (excludes halogenated alkanes) is 3. The van der Waals surface area contributed by atoms with Gasteiger partial charge in [0.15, 0.2) is 5.78 Å². The van der Waals surface area contributed by atoms with Crippen LogP contribution in [0.25, 0.3) is 0 Å². The zero-order valence-corrected chi connectivity index (χ0v) is 46.2. The average molecular weight is 1090 g/mol. The van der Waals surface area contributed by atoms with Crippen LogP contribution in [0.2, 0.25) is 0 Å². The molecule has 2 heterocycles. The third-order valence-corrected chi connectivity index (χ3v) is 16.5. The van der Waals surface area contributed by atoms with E-state index in [1.165, 1.54) is 12.1 Å². The van der Waals surface area contributed by atoms with E-state index in [2.05, 4.69) is 37.2 Å². The largest absolute Gasteiger partial charge is 0.390 e. The topological polar surface area (TPSA) is 224 Å².